The van der Waals surface area contributed by atoms with E-state index in [4.69, 9.17) is 4.74 Å². The predicted molar refractivity (Wildman–Crippen MR) is 123 cm³/mol. The molecule has 5 heteroatoms. The summed E-state index contributed by atoms with van der Waals surface area (Å²) in [6.07, 6.45) is 5.20. The number of ether oxygens (including phenoxy) is 1. The summed E-state index contributed by atoms with van der Waals surface area (Å²) in [5, 5.41) is 2.32. The van der Waals surface area contributed by atoms with E-state index in [9.17, 15) is 9.59 Å². The minimum atomic E-state index is -0.743. The molecule has 2 heterocycles. The number of carbonyl (C=O) groups is 2. The number of Topliss-reactive ketones (excluding diaryl/α,β-unsaturated/α-hetero) is 1. The predicted octanol–water partition coefficient (Wildman–Crippen LogP) is 5.56. The molecule has 0 saturated carbocycles. The zero-order valence-electron chi connectivity index (χ0n) is 18.4. The number of aryl methyl sites for hydroxylation is 2. The molecule has 31 heavy (non-hydrogen) atoms. The molecule has 0 fully saturated rings. The average Bonchev–Trinajstić information content (AvgIpc) is 3.34. The largest absolute Gasteiger partial charge is 0.468 e. The molecule has 0 amide bonds. The fraction of sp³-hybridized carbons (Fsp3) is 0.308. The molecule has 0 spiro atoms. The van der Waals surface area contributed by atoms with Gasteiger partial charge in [0, 0.05) is 40.1 Å². The topological polar surface area (TPSA) is 75.0 Å². The Hall–Kier alpha value is -3.34. The fourth-order valence-electron chi connectivity index (χ4n) is 4.54. The van der Waals surface area contributed by atoms with Gasteiger partial charge in [0.1, 0.15) is 11.7 Å². The maximum Gasteiger partial charge on any atom is 0.316 e. The van der Waals surface area contributed by atoms with Gasteiger partial charge >= 0.3 is 5.97 Å². The van der Waals surface area contributed by atoms with Crippen molar-refractivity contribution in [3.8, 4) is 0 Å². The number of aromatic nitrogens is 2. The van der Waals surface area contributed by atoms with E-state index >= 15 is 0 Å². The molecule has 0 bridgehead atoms. The number of rotatable bonds is 7. The molecule has 2 aromatic heterocycles. The van der Waals surface area contributed by atoms with Gasteiger partial charge < -0.3 is 14.7 Å². The Morgan fingerprint density at radius 2 is 1.39 bits per heavy atom. The summed E-state index contributed by atoms with van der Waals surface area (Å²) in [6.45, 7) is 5.61. The number of nitrogens with one attached hydrogen (secondary N) is 2. The summed E-state index contributed by atoms with van der Waals surface area (Å²) in [7, 11) is 1.33. The molecular formula is C26H28N2O3. The molecule has 1 atom stereocenters. The lowest BCUT2D eigenvalue weighted by atomic mass is 9.84. The number of carbonyl (C=O) groups excluding carboxylic acids is 2. The van der Waals surface area contributed by atoms with Crippen molar-refractivity contribution in [3.05, 3.63) is 71.0 Å². The molecule has 0 saturated heterocycles. The molecule has 160 valence electrons. The van der Waals surface area contributed by atoms with Crippen LogP contribution in [0.25, 0.3) is 21.8 Å². The van der Waals surface area contributed by atoms with E-state index < -0.39 is 11.9 Å². The second-order valence-corrected chi connectivity index (χ2v) is 8.40. The molecule has 0 aliphatic carbocycles. The highest BCUT2D eigenvalue weighted by Crippen LogP contribution is 2.39. The molecule has 4 rings (SSSR count). The lowest BCUT2D eigenvalue weighted by molar-refractivity contribution is -0.149. The van der Waals surface area contributed by atoms with Gasteiger partial charge in [0.15, 0.2) is 0 Å². The summed E-state index contributed by atoms with van der Waals surface area (Å²) in [5.41, 5.74) is 6.91. The van der Waals surface area contributed by atoms with E-state index in [1.54, 1.807) is 0 Å². The highest BCUT2D eigenvalue weighted by atomic mass is 16.5. The van der Waals surface area contributed by atoms with Gasteiger partial charge in [0.05, 0.1) is 7.11 Å². The van der Waals surface area contributed by atoms with E-state index in [1.165, 1.54) is 36.3 Å². The summed E-state index contributed by atoms with van der Waals surface area (Å²) in [5.74, 6) is -1.34. The van der Waals surface area contributed by atoms with Crippen LogP contribution in [0.2, 0.25) is 0 Å². The maximum atomic E-state index is 12.2. The fourth-order valence-corrected chi connectivity index (χ4v) is 4.54. The van der Waals surface area contributed by atoms with Crippen molar-refractivity contribution in [1.29, 1.82) is 0 Å². The quantitative estimate of drug-likeness (QED) is 0.306. The highest BCUT2D eigenvalue weighted by Gasteiger charge is 2.28. The summed E-state index contributed by atoms with van der Waals surface area (Å²) >= 11 is 0. The van der Waals surface area contributed by atoms with Crippen molar-refractivity contribution in [3.63, 3.8) is 0 Å². The first-order chi connectivity index (χ1) is 14.9. The monoisotopic (exact) mass is 416 g/mol. The lowest BCUT2D eigenvalue weighted by Crippen LogP contribution is -2.24. The van der Waals surface area contributed by atoms with E-state index in [0.29, 0.717) is 12.8 Å². The Morgan fingerprint density at radius 1 is 0.871 bits per heavy atom. The minimum absolute atomic E-state index is 0.0272. The van der Waals surface area contributed by atoms with Crippen molar-refractivity contribution in [2.45, 2.75) is 39.5 Å². The van der Waals surface area contributed by atoms with Crippen LogP contribution in [0.15, 0.2) is 48.8 Å². The number of H-pyrrole nitrogens is 2. The second kappa shape index (κ2) is 8.42. The van der Waals surface area contributed by atoms with Crippen LogP contribution in [0, 0.1) is 19.8 Å². The van der Waals surface area contributed by atoms with Crippen LogP contribution in [-0.2, 0) is 14.3 Å². The number of hydrogen-bond donors (Lipinski definition) is 2. The smallest absolute Gasteiger partial charge is 0.316 e. The van der Waals surface area contributed by atoms with Crippen molar-refractivity contribution in [1.82, 2.24) is 9.97 Å². The Bertz CT molecular complexity index is 1180. The molecule has 0 aliphatic rings. The first kappa shape index (κ1) is 20.9. The molecule has 2 aromatic carbocycles. The van der Waals surface area contributed by atoms with Gasteiger partial charge in [-0.3, -0.25) is 9.59 Å². The Kier molecular flexibility index (Phi) is 5.68. The number of aromatic amines is 2. The van der Waals surface area contributed by atoms with Crippen LogP contribution in [0.3, 0.4) is 0 Å². The molecular weight excluding hydrogens is 388 g/mol. The first-order valence-electron chi connectivity index (χ1n) is 10.6. The lowest BCUT2D eigenvalue weighted by Gasteiger charge is -2.19. The standard InChI is InChI=1S/C26H28N2O3/c1-15-5-7-20-22(13-27-24(20)11-15)19(10-9-18(17(3)29)26(30)31-4)23-14-28-25-12-16(2)6-8-21(23)25/h5-8,11-14,18-19,27-28H,9-10H2,1-4H3. The van der Waals surface area contributed by atoms with Gasteiger partial charge in [0.25, 0.3) is 0 Å². The number of fused-ring (bicyclic) bond motifs is 2. The van der Waals surface area contributed by atoms with Crippen molar-refractivity contribution in [2.24, 2.45) is 5.92 Å². The summed E-state index contributed by atoms with van der Waals surface area (Å²) in [4.78, 5) is 31.1. The van der Waals surface area contributed by atoms with Crippen molar-refractivity contribution in [2.75, 3.05) is 7.11 Å². The Morgan fingerprint density at radius 3 is 1.84 bits per heavy atom. The SMILES string of the molecule is COC(=O)C(CCC(c1c[nH]c2cc(C)ccc12)c1c[nH]c2cc(C)ccc12)C(C)=O. The molecule has 0 radical (unpaired) electrons. The number of hydrogen-bond acceptors (Lipinski definition) is 3. The molecule has 2 N–H and O–H groups in total. The van der Waals surface area contributed by atoms with Crippen molar-refractivity contribution < 1.29 is 14.3 Å². The van der Waals surface area contributed by atoms with Gasteiger partial charge in [-0.05, 0) is 68.0 Å². The third kappa shape index (κ3) is 4.00. The van der Waals surface area contributed by atoms with Crippen LogP contribution < -0.4 is 0 Å². The number of benzene rings is 2. The Balaban J connectivity index is 1.80. The van der Waals surface area contributed by atoms with Crippen molar-refractivity contribution >= 4 is 33.6 Å². The maximum absolute atomic E-state index is 12.2. The van der Waals surface area contributed by atoms with Crippen LogP contribution in [0.5, 0.6) is 0 Å². The third-order valence-electron chi connectivity index (χ3n) is 6.21. The van der Waals surface area contributed by atoms with Gasteiger partial charge in [0.2, 0.25) is 0 Å². The average molecular weight is 417 g/mol. The first-order valence-corrected chi connectivity index (χ1v) is 10.6. The summed E-state index contributed by atoms with van der Waals surface area (Å²) in [6, 6.07) is 12.8. The Labute approximate surface area is 181 Å². The van der Waals surface area contributed by atoms with E-state index in [2.05, 4.69) is 72.6 Å². The van der Waals surface area contributed by atoms with Crippen LogP contribution >= 0.6 is 0 Å². The molecule has 5 nitrogen and oxygen atoms in total. The van der Waals surface area contributed by atoms with Gasteiger partial charge in [-0.1, -0.05) is 24.3 Å². The van der Waals surface area contributed by atoms with Crippen LogP contribution in [-0.4, -0.2) is 28.8 Å². The van der Waals surface area contributed by atoms with Crippen LogP contribution in [0.4, 0.5) is 0 Å². The number of ketones is 1. The van der Waals surface area contributed by atoms with Gasteiger partial charge in [-0.15, -0.1) is 0 Å². The van der Waals surface area contributed by atoms with E-state index in [1.807, 2.05) is 0 Å². The van der Waals surface area contributed by atoms with E-state index in [-0.39, 0.29) is 11.7 Å². The highest BCUT2D eigenvalue weighted by molar-refractivity contribution is 5.97. The molecule has 4 aromatic rings. The zero-order chi connectivity index (χ0) is 22.1. The summed E-state index contributed by atoms with van der Waals surface area (Å²) < 4.78 is 4.88. The zero-order valence-corrected chi connectivity index (χ0v) is 18.4. The van der Waals surface area contributed by atoms with Gasteiger partial charge in [-0.25, -0.2) is 0 Å². The minimum Gasteiger partial charge on any atom is -0.468 e. The number of methoxy groups -OCH3 is 1. The second-order valence-electron chi connectivity index (χ2n) is 8.40. The normalized spacial score (nSPS) is 12.5. The molecule has 1 unspecified atom stereocenters. The number of esters is 1. The third-order valence-corrected chi connectivity index (χ3v) is 6.21. The van der Waals surface area contributed by atoms with Crippen LogP contribution in [0.1, 0.15) is 47.9 Å². The van der Waals surface area contributed by atoms with E-state index in [0.717, 1.165) is 21.8 Å². The molecule has 0 aliphatic heterocycles. The van der Waals surface area contributed by atoms with Gasteiger partial charge in [-0.2, -0.15) is 0 Å².